The summed E-state index contributed by atoms with van der Waals surface area (Å²) >= 11 is 6.02. The van der Waals surface area contributed by atoms with Gasteiger partial charge in [-0.3, -0.25) is 10.1 Å². The van der Waals surface area contributed by atoms with Crippen molar-refractivity contribution < 1.29 is 9.66 Å². The lowest BCUT2D eigenvalue weighted by Gasteiger charge is -2.11. The number of nitro groups is 1. The van der Waals surface area contributed by atoms with E-state index in [4.69, 9.17) is 16.3 Å². The molecule has 0 radical (unpaired) electrons. The molecule has 0 saturated carbocycles. The largest absolute Gasteiger partial charge is 0.496 e. The van der Waals surface area contributed by atoms with Gasteiger partial charge in [0.2, 0.25) is 0 Å². The van der Waals surface area contributed by atoms with Crippen molar-refractivity contribution in [2.24, 2.45) is 0 Å². The van der Waals surface area contributed by atoms with Crippen LogP contribution in [0.3, 0.4) is 0 Å². The topological polar surface area (TPSA) is 64.4 Å². The van der Waals surface area contributed by atoms with Crippen LogP contribution in [0.25, 0.3) is 0 Å². The van der Waals surface area contributed by atoms with E-state index < -0.39 is 4.92 Å². The molecule has 104 valence electrons. The number of benzene rings is 2. The van der Waals surface area contributed by atoms with Gasteiger partial charge in [-0.1, -0.05) is 29.8 Å². The van der Waals surface area contributed by atoms with Crippen LogP contribution < -0.4 is 10.1 Å². The fourth-order valence-electron chi connectivity index (χ4n) is 1.80. The van der Waals surface area contributed by atoms with Crippen LogP contribution in [0, 0.1) is 10.1 Å². The van der Waals surface area contributed by atoms with Crippen molar-refractivity contribution in [1.82, 2.24) is 0 Å². The van der Waals surface area contributed by atoms with Crippen LogP contribution in [0.2, 0.25) is 5.02 Å². The number of hydrogen-bond acceptors (Lipinski definition) is 4. The van der Waals surface area contributed by atoms with Crippen molar-refractivity contribution in [2.75, 3.05) is 12.4 Å². The van der Waals surface area contributed by atoms with Crippen LogP contribution >= 0.6 is 11.6 Å². The predicted octanol–water partition coefficient (Wildman–Crippen LogP) is 3.87. The van der Waals surface area contributed by atoms with Gasteiger partial charge in [-0.25, -0.2) is 0 Å². The minimum atomic E-state index is -0.454. The number of non-ortho nitro benzene ring substituents is 1. The molecule has 0 aliphatic rings. The van der Waals surface area contributed by atoms with Crippen molar-refractivity contribution in [1.29, 1.82) is 0 Å². The molecule has 2 rings (SSSR count). The number of nitrogens with zero attached hydrogens (tertiary/aromatic N) is 1. The molecule has 0 heterocycles. The molecule has 5 nitrogen and oxygen atoms in total. The first-order valence-corrected chi connectivity index (χ1v) is 6.29. The summed E-state index contributed by atoms with van der Waals surface area (Å²) in [5, 5.41) is 14.3. The normalized spacial score (nSPS) is 10.1. The fourth-order valence-corrected chi connectivity index (χ4v) is 1.99. The van der Waals surface area contributed by atoms with Gasteiger partial charge in [-0.05, 0) is 12.1 Å². The maximum Gasteiger partial charge on any atom is 0.271 e. The van der Waals surface area contributed by atoms with Crippen LogP contribution in [-0.4, -0.2) is 12.0 Å². The zero-order valence-electron chi connectivity index (χ0n) is 10.8. The molecule has 0 bridgehead atoms. The van der Waals surface area contributed by atoms with Crippen molar-refractivity contribution >= 4 is 23.0 Å². The molecule has 0 unspecified atom stereocenters. The molecule has 20 heavy (non-hydrogen) atoms. The molecule has 0 fully saturated rings. The summed E-state index contributed by atoms with van der Waals surface area (Å²) in [4.78, 5) is 10.3. The highest BCUT2D eigenvalue weighted by molar-refractivity contribution is 6.33. The van der Waals surface area contributed by atoms with Gasteiger partial charge in [0.05, 0.1) is 22.7 Å². The Hall–Kier alpha value is -2.27. The summed E-state index contributed by atoms with van der Waals surface area (Å²) in [5.41, 5.74) is 1.46. The molecular weight excluding hydrogens is 280 g/mol. The maximum atomic E-state index is 10.8. The average molecular weight is 293 g/mol. The summed E-state index contributed by atoms with van der Waals surface area (Å²) in [6.07, 6.45) is 0. The number of halogens is 1. The molecule has 0 amide bonds. The highest BCUT2D eigenvalue weighted by Gasteiger charge is 2.10. The van der Waals surface area contributed by atoms with Crippen LogP contribution in [0.15, 0.2) is 42.5 Å². The Bertz CT molecular complexity index is 632. The van der Waals surface area contributed by atoms with Crippen LogP contribution in [0.1, 0.15) is 5.56 Å². The zero-order chi connectivity index (χ0) is 14.5. The average Bonchev–Trinajstić information content (AvgIpc) is 2.46. The number of anilines is 1. The highest BCUT2D eigenvalue weighted by atomic mass is 35.5. The Balaban J connectivity index is 2.18. The van der Waals surface area contributed by atoms with E-state index in [1.54, 1.807) is 7.11 Å². The van der Waals surface area contributed by atoms with E-state index in [-0.39, 0.29) is 5.69 Å². The van der Waals surface area contributed by atoms with Crippen LogP contribution in [0.5, 0.6) is 5.75 Å². The lowest BCUT2D eigenvalue weighted by Crippen LogP contribution is -2.02. The Morgan fingerprint density at radius 2 is 2.05 bits per heavy atom. The minimum absolute atomic E-state index is 0.00285. The molecule has 2 aromatic rings. The smallest absolute Gasteiger partial charge is 0.271 e. The molecule has 0 aliphatic carbocycles. The second kappa shape index (κ2) is 6.25. The van der Waals surface area contributed by atoms with E-state index in [0.717, 1.165) is 11.3 Å². The first-order valence-electron chi connectivity index (χ1n) is 5.91. The van der Waals surface area contributed by atoms with Crippen molar-refractivity contribution in [3.63, 3.8) is 0 Å². The van der Waals surface area contributed by atoms with E-state index in [1.165, 1.54) is 18.2 Å². The number of nitrogens with one attached hydrogen (secondary N) is 1. The maximum absolute atomic E-state index is 10.8. The summed E-state index contributed by atoms with van der Waals surface area (Å²) in [7, 11) is 1.60. The Kier molecular flexibility index (Phi) is 4.42. The summed E-state index contributed by atoms with van der Waals surface area (Å²) < 4.78 is 5.24. The number of hydrogen-bond donors (Lipinski definition) is 1. The van der Waals surface area contributed by atoms with Gasteiger partial charge in [-0.15, -0.1) is 0 Å². The predicted molar refractivity (Wildman–Crippen MR) is 78.4 cm³/mol. The number of rotatable bonds is 5. The highest BCUT2D eigenvalue weighted by Crippen LogP contribution is 2.28. The third kappa shape index (κ3) is 3.19. The molecule has 0 aliphatic heterocycles. The van der Waals surface area contributed by atoms with E-state index in [2.05, 4.69) is 5.32 Å². The van der Waals surface area contributed by atoms with E-state index >= 15 is 0 Å². The molecule has 0 spiro atoms. The van der Waals surface area contributed by atoms with E-state index in [9.17, 15) is 10.1 Å². The van der Waals surface area contributed by atoms with Crippen molar-refractivity contribution in [3.8, 4) is 5.75 Å². The number of methoxy groups -OCH3 is 1. The molecular formula is C14H13ClN2O3. The summed E-state index contributed by atoms with van der Waals surface area (Å²) in [6, 6.07) is 11.8. The monoisotopic (exact) mass is 292 g/mol. The molecule has 2 aromatic carbocycles. The lowest BCUT2D eigenvalue weighted by molar-refractivity contribution is -0.384. The second-order valence-electron chi connectivity index (χ2n) is 4.09. The first kappa shape index (κ1) is 14.1. The quantitative estimate of drug-likeness (QED) is 0.671. The molecule has 0 atom stereocenters. The first-order chi connectivity index (χ1) is 9.61. The van der Waals surface area contributed by atoms with Crippen molar-refractivity contribution in [3.05, 3.63) is 63.2 Å². The molecule has 0 aromatic heterocycles. The van der Waals surface area contributed by atoms with Gasteiger partial charge in [-0.2, -0.15) is 0 Å². The van der Waals surface area contributed by atoms with Gasteiger partial charge in [0.1, 0.15) is 5.75 Å². The SMILES string of the molecule is COc1ccccc1CNc1cc([N+](=O)[O-])ccc1Cl. The lowest BCUT2D eigenvalue weighted by atomic mass is 10.2. The van der Waals surface area contributed by atoms with Crippen molar-refractivity contribution in [2.45, 2.75) is 6.54 Å². The standard InChI is InChI=1S/C14H13ClN2O3/c1-20-14-5-3-2-4-10(14)9-16-13-8-11(17(18)19)6-7-12(13)15/h2-8,16H,9H2,1H3. The summed E-state index contributed by atoms with van der Waals surface area (Å²) in [5.74, 6) is 0.751. The third-order valence-electron chi connectivity index (χ3n) is 2.82. The van der Waals surface area contributed by atoms with Gasteiger partial charge in [0, 0.05) is 24.2 Å². The van der Waals surface area contributed by atoms with E-state index in [0.29, 0.717) is 17.3 Å². The van der Waals surface area contributed by atoms with Gasteiger partial charge in [0.15, 0.2) is 0 Å². The Morgan fingerprint density at radius 3 is 2.75 bits per heavy atom. The van der Waals surface area contributed by atoms with Gasteiger partial charge < -0.3 is 10.1 Å². The number of ether oxygens (including phenoxy) is 1. The summed E-state index contributed by atoms with van der Waals surface area (Å²) in [6.45, 7) is 0.463. The molecule has 1 N–H and O–H groups in total. The van der Waals surface area contributed by atoms with Gasteiger partial charge in [0.25, 0.3) is 5.69 Å². The minimum Gasteiger partial charge on any atom is -0.496 e. The molecule has 0 saturated heterocycles. The third-order valence-corrected chi connectivity index (χ3v) is 3.15. The molecule has 6 heteroatoms. The van der Waals surface area contributed by atoms with Crippen LogP contribution in [-0.2, 0) is 6.54 Å². The fraction of sp³-hybridized carbons (Fsp3) is 0.143. The second-order valence-corrected chi connectivity index (χ2v) is 4.49. The zero-order valence-corrected chi connectivity index (χ0v) is 11.6. The Labute approximate surface area is 121 Å². The Morgan fingerprint density at radius 1 is 1.30 bits per heavy atom. The number of nitro benzene ring substituents is 1. The van der Waals surface area contributed by atoms with Crippen LogP contribution in [0.4, 0.5) is 11.4 Å². The number of para-hydroxylation sites is 1. The van der Waals surface area contributed by atoms with E-state index in [1.807, 2.05) is 24.3 Å². The van der Waals surface area contributed by atoms with Gasteiger partial charge >= 0.3 is 0 Å².